The van der Waals surface area contributed by atoms with E-state index in [1.54, 1.807) is 20.9 Å². The summed E-state index contributed by atoms with van der Waals surface area (Å²) >= 11 is 4.90. The Balaban J connectivity index is 2.31. The van der Waals surface area contributed by atoms with Crippen molar-refractivity contribution in [3.05, 3.63) is 29.1 Å². The lowest BCUT2D eigenvalue weighted by Gasteiger charge is -2.06. The second kappa shape index (κ2) is 4.81. The fraction of sp³-hybridized carbons (Fsp3) is 0.273. The number of nitrogens with one attached hydrogen (secondary N) is 1. The number of anilines is 1. The van der Waals surface area contributed by atoms with E-state index in [0.29, 0.717) is 23.0 Å². The zero-order valence-electron chi connectivity index (χ0n) is 10.7. The number of hydrogen-bond donors (Lipinski definition) is 2. The number of rotatable bonds is 3. The van der Waals surface area contributed by atoms with E-state index >= 15 is 0 Å². The van der Waals surface area contributed by atoms with Crippen molar-refractivity contribution in [1.29, 1.82) is 0 Å². The second-order valence-electron chi connectivity index (χ2n) is 4.00. The van der Waals surface area contributed by atoms with Crippen molar-refractivity contribution in [2.45, 2.75) is 13.8 Å². The SMILES string of the molecule is Cc1nc(C)c(C(=O)Nc2c(C(N)=S)cnn2C)o1. The van der Waals surface area contributed by atoms with Crippen LogP contribution in [-0.2, 0) is 7.05 Å². The number of nitrogens with zero attached hydrogens (tertiary/aromatic N) is 3. The van der Waals surface area contributed by atoms with Crippen molar-refractivity contribution in [3.8, 4) is 0 Å². The van der Waals surface area contributed by atoms with Crippen LogP contribution in [-0.4, -0.2) is 25.7 Å². The lowest BCUT2D eigenvalue weighted by molar-refractivity contribution is 0.0993. The first kappa shape index (κ1) is 13.2. The Kier molecular flexibility index (Phi) is 3.34. The number of aryl methyl sites for hydroxylation is 3. The maximum atomic E-state index is 12.1. The fourth-order valence-corrected chi connectivity index (χ4v) is 1.82. The molecule has 3 N–H and O–H groups in total. The van der Waals surface area contributed by atoms with Gasteiger partial charge in [0.15, 0.2) is 5.89 Å². The molecule has 0 aromatic carbocycles. The Bertz CT molecular complexity index is 658. The van der Waals surface area contributed by atoms with Crippen LogP contribution in [0.2, 0.25) is 0 Å². The standard InChI is InChI=1S/C11H13N5O2S/c1-5-8(18-6(2)14-5)11(17)15-10-7(9(12)19)4-13-16(10)3/h4H,1-3H3,(H2,12,19)(H,15,17). The van der Waals surface area contributed by atoms with Gasteiger partial charge in [-0.3, -0.25) is 9.48 Å². The number of amides is 1. The number of thiocarbonyl (C=S) groups is 1. The van der Waals surface area contributed by atoms with E-state index in [4.69, 9.17) is 22.4 Å². The number of nitrogens with two attached hydrogens (primary N) is 1. The van der Waals surface area contributed by atoms with E-state index in [9.17, 15) is 4.79 Å². The summed E-state index contributed by atoms with van der Waals surface area (Å²) in [6.07, 6.45) is 1.50. The average molecular weight is 279 g/mol. The van der Waals surface area contributed by atoms with Gasteiger partial charge in [0.25, 0.3) is 5.91 Å². The Morgan fingerprint density at radius 2 is 2.21 bits per heavy atom. The van der Waals surface area contributed by atoms with Crippen LogP contribution in [0.3, 0.4) is 0 Å². The van der Waals surface area contributed by atoms with Crippen LogP contribution in [0.4, 0.5) is 5.82 Å². The molecule has 0 radical (unpaired) electrons. The summed E-state index contributed by atoms with van der Waals surface area (Å²) in [4.78, 5) is 16.3. The Hall–Kier alpha value is -2.22. The Morgan fingerprint density at radius 3 is 2.74 bits per heavy atom. The number of aromatic nitrogens is 3. The predicted molar refractivity (Wildman–Crippen MR) is 73.0 cm³/mol. The van der Waals surface area contributed by atoms with Gasteiger partial charge in [-0.15, -0.1) is 0 Å². The summed E-state index contributed by atoms with van der Waals surface area (Å²) in [6, 6.07) is 0. The quantitative estimate of drug-likeness (QED) is 0.810. The summed E-state index contributed by atoms with van der Waals surface area (Å²) < 4.78 is 6.73. The van der Waals surface area contributed by atoms with Gasteiger partial charge in [-0.2, -0.15) is 5.10 Å². The average Bonchev–Trinajstić information content (AvgIpc) is 2.83. The molecule has 0 unspecified atom stereocenters. The molecule has 0 bridgehead atoms. The van der Waals surface area contributed by atoms with Crippen LogP contribution in [0.15, 0.2) is 10.6 Å². The molecule has 0 fully saturated rings. The molecule has 19 heavy (non-hydrogen) atoms. The molecule has 100 valence electrons. The van der Waals surface area contributed by atoms with Gasteiger partial charge in [0.2, 0.25) is 5.76 Å². The molecule has 0 saturated carbocycles. The molecular weight excluding hydrogens is 266 g/mol. The molecule has 0 aliphatic rings. The highest BCUT2D eigenvalue weighted by Crippen LogP contribution is 2.17. The summed E-state index contributed by atoms with van der Waals surface area (Å²) in [7, 11) is 1.68. The van der Waals surface area contributed by atoms with E-state index in [2.05, 4.69) is 15.4 Å². The number of carbonyl (C=O) groups excluding carboxylic acids is 1. The molecule has 0 aliphatic heterocycles. The number of carbonyl (C=O) groups is 1. The van der Waals surface area contributed by atoms with Gasteiger partial charge >= 0.3 is 0 Å². The van der Waals surface area contributed by atoms with Crippen molar-refractivity contribution < 1.29 is 9.21 Å². The minimum Gasteiger partial charge on any atom is -0.436 e. The molecule has 0 atom stereocenters. The topological polar surface area (TPSA) is 99.0 Å². The highest BCUT2D eigenvalue weighted by Gasteiger charge is 2.20. The lowest BCUT2D eigenvalue weighted by Crippen LogP contribution is -2.19. The third-order valence-electron chi connectivity index (χ3n) is 2.55. The van der Waals surface area contributed by atoms with Gasteiger partial charge in [-0.25, -0.2) is 4.98 Å². The first-order valence-corrected chi connectivity index (χ1v) is 5.88. The maximum absolute atomic E-state index is 12.1. The predicted octanol–water partition coefficient (Wildman–Crippen LogP) is 0.911. The summed E-state index contributed by atoms with van der Waals surface area (Å²) in [5, 5.41) is 6.67. The van der Waals surface area contributed by atoms with Crippen molar-refractivity contribution in [2.24, 2.45) is 12.8 Å². The minimum absolute atomic E-state index is 0.160. The normalized spacial score (nSPS) is 10.5. The Labute approximate surface area is 114 Å². The molecule has 0 spiro atoms. The van der Waals surface area contributed by atoms with E-state index in [0.717, 1.165) is 0 Å². The Morgan fingerprint density at radius 1 is 1.53 bits per heavy atom. The molecule has 2 aromatic rings. The summed E-state index contributed by atoms with van der Waals surface area (Å²) in [5.74, 6) is 0.597. The smallest absolute Gasteiger partial charge is 0.294 e. The van der Waals surface area contributed by atoms with E-state index in [1.165, 1.54) is 10.9 Å². The van der Waals surface area contributed by atoms with Crippen molar-refractivity contribution >= 4 is 28.9 Å². The van der Waals surface area contributed by atoms with Gasteiger partial charge in [0.1, 0.15) is 10.8 Å². The van der Waals surface area contributed by atoms with Crippen molar-refractivity contribution in [1.82, 2.24) is 14.8 Å². The molecule has 0 aliphatic carbocycles. The fourth-order valence-electron chi connectivity index (χ4n) is 1.67. The van der Waals surface area contributed by atoms with Crippen molar-refractivity contribution in [3.63, 3.8) is 0 Å². The molecule has 2 rings (SSSR count). The van der Waals surface area contributed by atoms with Gasteiger partial charge in [0, 0.05) is 14.0 Å². The molecule has 2 aromatic heterocycles. The van der Waals surface area contributed by atoms with Gasteiger partial charge in [-0.05, 0) is 6.92 Å². The number of oxazole rings is 1. The molecule has 8 heteroatoms. The monoisotopic (exact) mass is 279 g/mol. The first-order valence-electron chi connectivity index (χ1n) is 5.47. The zero-order valence-corrected chi connectivity index (χ0v) is 11.5. The van der Waals surface area contributed by atoms with Crippen LogP contribution in [0, 0.1) is 13.8 Å². The summed E-state index contributed by atoms with van der Waals surface area (Å²) in [5.41, 5.74) is 6.59. The maximum Gasteiger partial charge on any atom is 0.294 e. The highest BCUT2D eigenvalue weighted by atomic mass is 32.1. The summed E-state index contributed by atoms with van der Waals surface area (Å²) in [6.45, 7) is 3.37. The molecule has 0 saturated heterocycles. The number of hydrogen-bond acceptors (Lipinski definition) is 5. The van der Waals surface area contributed by atoms with Gasteiger partial charge < -0.3 is 15.5 Å². The van der Waals surface area contributed by atoms with E-state index in [1.807, 2.05) is 0 Å². The third-order valence-corrected chi connectivity index (χ3v) is 2.77. The van der Waals surface area contributed by atoms with Crippen LogP contribution in [0.1, 0.15) is 27.7 Å². The van der Waals surface area contributed by atoms with Crippen LogP contribution < -0.4 is 11.1 Å². The second-order valence-corrected chi connectivity index (χ2v) is 4.44. The zero-order chi connectivity index (χ0) is 14.2. The third kappa shape index (κ3) is 2.48. The molecule has 1 amide bonds. The van der Waals surface area contributed by atoms with E-state index in [-0.39, 0.29) is 10.7 Å². The van der Waals surface area contributed by atoms with Gasteiger partial charge in [-0.1, -0.05) is 12.2 Å². The molecule has 2 heterocycles. The van der Waals surface area contributed by atoms with Crippen LogP contribution >= 0.6 is 12.2 Å². The van der Waals surface area contributed by atoms with Crippen LogP contribution in [0.25, 0.3) is 0 Å². The van der Waals surface area contributed by atoms with Crippen LogP contribution in [0.5, 0.6) is 0 Å². The van der Waals surface area contributed by atoms with Gasteiger partial charge in [0.05, 0.1) is 17.5 Å². The first-order chi connectivity index (χ1) is 8.90. The highest BCUT2D eigenvalue weighted by molar-refractivity contribution is 7.80. The molecule has 7 nitrogen and oxygen atoms in total. The minimum atomic E-state index is -0.417. The van der Waals surface area contributed by atoms with Crippen molar-refractivity contribution in [2.75, 3.05) is 5.32 Å². The van der Waals surface area contributed by atoms with E-state index < -0.39 is 5.91 Å². The lowest BCUT2D eigenvalue weighted by atomic mass is 10.3. The molecular formula is C11H13N5O2S. The largest absolute Gasteiger partial charge is 0.436 e.